The maximum atomic E-state index is 12.6. The number of hydrogen-bond acceptors (Lipinski definition) is 3. The number of halogens is 1. The highest BCUT2D eigenvalue weighted by Crippen LogP contribution is 2.23. The Labute approximate surface area is 143 Å². The molecule has 22 heavy (non-hydrogen) atoms. The Morgan fingerprint density at radius 1 is 1.23 bits per heavy atom. The van der Waals surface area contributed by atoms with E-state index in [0.29, 0.717) is 5.56 Å². The zero-order valence-corrected chi connectivity index (χ0v) is 14.8. The van der Waals surface area contributed by atoms with Gasteiger partial charge in [0, 0.05) is 34.6 Å². The summed E-state index contributed by atoms with van der Waals surface area (Å²) in [6.07, 6.45) is 0. The minimum Gasteiger partial charge on any atom is -0.337 e. The van der Waals surface area contributed by atoms with Crippen molar-refractivity contribution < 1.29 is 4.79 Å². The Morgan fingerprint density at radius 2 is 2.00 bits per heavy atom. The third-order valence-corrected chi connectivity index (χ3v) is 5.17. The molecule has 0 N–H and O–H groups in total. The van der Waals surface area contributed by atoms with E-state index in [1.54, 1.807) is 0 Å². The number of nitrogens with zero attached hydrogens (tertiary/aromatic N) is 2. The second kappa shape index (κ2) is 6.84. The van der Waals surface area contributed by atoms with Crippen LogP contribution < -0.4 is 0 Å². The number of aromatic nitrogens is 1. The van der Waals surface area contributed by atoms with Crippen molar-refractivity contribution >= 4 is 33.6 Å². The average molecular weight is 377 g/mol. The van der Waals surface area contributed by atoms with E-state index in [1.807, 2.05) is 60.0 Å². The Balaban J connectivity index is 1.87. The van der Waals surface area contributed by atoms with Gasteiger partial charge in [-0.3, -0.25) is 9.78 Å². The number of amides is 1. The van der Waals surface area contributed by atoms with Gasteiger partial charge in [-0.25, -0.2) is 0 Å². The summed E-state index contributed by atoms with van der Waals surface area (Å²) in [5, 5.41) is 0. The summed E-state index contributed by atoms with van der Waals surface area (Å²) >= 11 is 5.38. The number of carbonyl (C=O) groups excluding carboxylic acids is 1. The fourth-order valence-electron chi connectivity index (χ4n) is 2.53. The Hall–Kier alpha value is -1.33. The first-order valence-electron chi connectivity index (χ1n) is 7.26. The maximum Gasteiger partial charge on any atom is 0.255 e. The number of aryl methyl sites for hydroxylation is 1. The van der Waals surface area contributed by atoms with Crippen molar-refractivity contribution in [2.45, 2.75) is 6.92 Å². The van der Waals surface area contributed by atoms with Gasteiger partial charge in [-0.15, -0.1) is 0 Å². The minimum absolute atomic E-state index is 0.103. The molecule has 2 aromatic rings. The summed E-state index contributed by atoms with van der Waals surface area (Å²) in [5.41, 5.74) is 3.45. The summed E-state index contributed by atoms with van der Waals surface area (Å²) in [7, 11) is 0. The van der Waals surface area contributed by atoms with Crippen molar-refractivity contribution in [3.8, 4) is 11.3 Å². The lowest BCUT2D eigenvalue weighted by Gasteiger charge is -2.26. The summed E-state index contributed by atoms with van der Waals surface area (Å²) in [5.74, 6) is 2.15. The van der Waals surface area contributed by atoms with Crippen molar-refractivity contribution in [1.82, 2.24) is 9.88 Å². The monoisotopic (exact) mass is 376 g/mol. The molecule has 1 saturated heterocycles. The molecule has 0 radical (unpaired) electrons. The van der Waals surface area contributed by atoms with Gasteiger partial charge in [0.05, 0.1) is 17.0 Å². The molecule has 1 aliphatic rings. The maximum absolute atomic E-state index is 12.6. The van der Waals surface area contributed by atoms with E-state index < -0.39 is 0 Å². The standard InChI is InChI=1S/C17H17BrN2OS/c1-12-15(17(21)20-7-9-22-10-8-20)5-6-16(19-12)13-3-2-4-14(18)11-13/h2-6,11H,7-10H2,1H3. The van der Waals surface area contributed by atoms with Gasteiger partial charge in [0.25, 0.3) is 5.91 Å². The molecule has 0 unspecified atom stereocenters. The number of rotatable bonds is 2. The third-order valence-electron chi connectivity index (χ3n) is 3.73. The van der Waals surface area contributed by atoms with Crippen molar-refractivity contribution in [2.75, 3.05) is 24.6 Å². The fraction of sp³-hybridized carbons (Fsp3) is 0.294. The Kier molecular flexibility index (Phi) is 4.84. The van der Waals surface area contributed by atoms with Gasteiger partial charge >= 0.3 is 0 Å². The molecule has 5 heteroatoms. The lowest BCUT2D eigenvalue weighted by Crippen LogP contribution is -2.38. The molecule has 0 bridgehead atoms. The number of benzene rings is 1. The zero-order valence-electron chi connectivity index (χ0n) is 12.4. The molecule has 3 nitrogen and oxygen atoms in total. The lowest BCUT2D eigenvalue weighted by molar-refractivity contribution is 0.0771. The highest BCUT2D eigenvalue weighted by molar-refractivity contribution is 9.10. The first-order valence-corrected chi connectivity index (χ1v) is 9.20. The summed E-state index contributed by atoms with van der Waals surface area (Å²) < 4.78 is 1.02. The van der Waals surface area contributed by atoms with E-state index in [4.69, 9.17) is 0 Å². The average Bonchev–Trinajstić information content (AvgIpc) is 2.55. The van der Waals surface area contributed by atoms with E-state index in [9.17, 15) is 4.79 Å². The van der Waals surface area contributed by atoms with E-state index in [2.05, 4.69) is 20.9 Å². The summed E-state index contributed by atoms with van der Waals surface area (Å²) in [4.78, 5) is 19.1. The predicted octanol–water partition coefficient (Wildman–Crippen LogP) is 4.01. The highest BCUT2D eigenvalue weighted by Gasteiger charge is 2.20. The number of hydrogen-bond donors (Lipinski definition) is 0. The number of thioether (sulfide) groups is 1. The van der Waals surface area contributed by atoms with Gasteiger partial charge in [0.15, 0.2) is 0 Å². The van der Waals surface area contributed by atoms with E-state index in [-0.39, 0.29) is 5.91 Å². The molecule has 0 aliphatic carbocycles. The molecule has 114 valence electrons. The van der Waals surface area contributed by atoms with Crippen LogP contribution >= 0.6 is 27.7 Å². The number of carbonyl (C=O) groups is 1. The molecule has 1 fully saturated rings. The highest BCUT2D eigenvalue weighted by atomic mass is 79.9. The van der Waals surface area contributed by atoms with Crippen LogP contribution in [0.25, 0.3) is 11.3 Å². The van der Waals surface area contributed by atoms with Crippen LogP contribution in [0.15, 0.2) is 40.9 Å². The van der Waals surface area contributed by atoms with Gasteiger partial charge in [0.1, 0.15) is 0 Å². The van der Waals surface area contributed by atoms with Gasteiger partial charge in [0.2, 0.25) is 0 Å². The van der Waals surface area contributed by atoms with E-state index >= 15 is 0 Å². The van der Waals surface area contributed by atoms with Gasteiger partial charge in [-0.2, -0.15) is 11.8 Å². The van der Waals surface area contributed by atoms with Gasteiger partial charge in [-0.1, -0.05) is 28.1 Å². The van der Waals surface area contributed by atoms with Crippen LogP contribution in [0, 0.1) is 6.92 Å². The van der Waals surface area contributed by atoms with Crippen LogP contribution in [0.5, 0.6) is 0 Å². The quantitative estimate of drug-likeness (QED) is 0.793. The van der Waals surface area contributed by atoms with Crippen molar-refractivity contribution in [1.29, 1.82) is 0 Å². The molecule has 2 heterocycles. The molecule has 1 aromatic heterocycles. The van der Waals surface area contributed by atoms with Crippen molar-refractivity contribution in [2.24, 2.45) is 0 Å². The molecule has 1 aliphatic heterocycles. The third kappa shape index (κ3) is 3.36. The SMILES string of the molecule is Cc1nc(-c2cccc(Br)c2)ccc1C(=O)N1CCSCC1. The molecule has 0 atom stereocenters. The first-order chi connectivity index (χ1) is 10.6. The first kappa shape index (κ1) is 15.6. The van der Waals surface area contributed by atoms with Crippen LogP contribution in [0.4, 0.5) is 0 Å². The van der Waals surface area contributed by atoms with Gasteiger partial charge < -0.3 is 4.90 Å². The minimum atomic E-state index is 0.103. The van der Waals surface area contributed by atoms with Crippen LogP contribution in [0.2, 0.25) is 0 Å². The Morgan fingerprint density at radius 3 is 2.68 bits per heavy atom. The second-order valence-electron chi connectivity index (χ2n) is 5.24. The predicted molar refractivity (Wildman–Crippen MR) is 95.3 cm³/mol. The Bertz CT molecular complexity index is 699. The molecule has 0 spiro atoms. The summed E-state index contributed by atoms with van der Waals surface area (Å²) in [6.45, 7) is 3.57. The van der Waals surface area contributed by atoms with Crippen LogP contribution in [-0.2, 0) is 0 Å². The molecule has 0 saturated carbocycles. The van der Waals surface area contributed by atoms with Crippen LogP contribution in [0.1, 0.15) is 16.1 Å². The largest absolute Gasteiger partial charge is 0.337 e. The lowest BCUT2D eigenvalue weighted by atomic mass is 10.1. The van der Waals surface area contributed by atoms with Crippen molar-refractivity contribution in [3.63, 3.8) is 0 Å². The number of pyridine rings is 1. The van der Waals surface area contributed by atoms with Crippen LogP contribution in [-0.4, -0.2) is 40.4 Å². The molecule has 1 amide bonds. The normalized spacial score (nSPS) is 14.9. The zero-order chi connectivity index (χ0) is 15.5. The van der Waals surface area contributed by atoms with E-state index in [1.165, 1.54) is 0 Å². The second-order valence-corrected chi connectivity index (χ2v) is 7.38. The van der Waals surface area contributed by atoms with Crippen molar-refractivity contribution in [3.05, 3.63) is 52.1 Å². The molecular formula is C17H17BrN2OS. The topological polar surface area (TPSA) is 33.2 Å². The smallest absolute Gasteiger partial charge is 0.255 e. The van der Waals surface area contributed by atoms with Gasteiger partial charge in [-0.05, 0) is 31.2 Å². The van der Waals surface area contributed by atoms with E-state index in [0.717, 1.165) is 46.0 Å². The fourth-order valence-corrected chi connectivity index (χ4v) is 3.83. The summed E-state index contributed by atoms with van der Waals surface area (Å²) in [6, 6.07) is 11.9. The molecular weight excluding hydrogens is 360 g/mol. The molecule has 1 aromatic carbocycles. The molecule has 3 rings (SSSR count). The van der Waals surface area contributed by atoms with Crippen LogP contribution in [0.3, 0.4) is 0 Å².